The average molecular weight is 311 g/mol. The highest BCUT2D eigenvalue weighted by atomic mass is 79.9. The average Bonchev–Trinajstić information content (AvgIpc) is 2.27. The zero-order chi connectivity index (χ0) is 13.1. The smallest absolute Gasteiger partial charge is 0.125 e. The fraction of sp³-hybridized carbons (Fsp3) is 0.231. The van der Waals surface area contributed by atoms with E-state index in [1.807, 2.05) is 0 Å². The van der Waals surface area contributed by atoms with Gasteiger partial charge in [-0.15, -0.1) is 0 Å². The summed E-state index contributed by atoms with van der Waals surface area (Å²) >= 11 is 3.22. The lowest BCUT2D eigenvalue weighted by Gasteiger charge is -2.10. The molecule has 1 N–H and O–H groups in total. The van der Waals surface area contributed by atoms with E-state index < -0.39 is 6.10 Å². The van der Waals surface area contributed by atoms with Crippen molar-refractivity contribution in [2.45, 2.75) is 19.4 Å². The summed E-state index contributed by atoms with van der Waals surface area (Å²) in [6.45, 7) is 1.76. The molecule has 0 aliphatic rings. The van der Waals surface area contributed by atoms with Crippen molar-refractivity contribution in [2.75, 3.05) is 0 Å². The van der Waals surface area contributed by atoms with Crippen molar-refractivity contribution < 1.29 is 9.50 Å². The maximum atomic E-state index is 13.2. The summed E-state index contributed by atoms with van der Waals surface area (Å²) in [4.78, 5) is 8.12. The number of aromatic nitrogens is 2. The van der Waals surface area contributed by atoms with Gasteiger partial charge in [0.05, 0.1) is 5.69 Å². The number of nitrogens with zero attached hydrogens (tertiary/aromatic N) is 2. The van der Waals surface area contributed by atoms with Gasteiger partial charge in [-0.1, -0.05) is 15.9 Å². The van der Waals surface area contributed by atoms with Gasteiger partial charge in [0.1, 0.15) is 17.7 Å². The number of hydrogen-bond donors (Lipinski definition) is 1. The van der Waals surface area contributed by atoms with Crippen molar-refractivity contribution in [1.82, 2.24) is 9.97 Å². The number of aliphatic hydroxyl groups is 1. The van der Waals surface area contributed by atoms with Crippen LogP contribution in [0.3, 0.4) is 0 Å². The quantitative estimate of drug-likeness (QED) is 0.948. The van der Waals surface area contributed by atoms with Gasteiger partial charge >= 0.3 is 0 Å². The van der Waals surface area contributed by atoms with Gasteiger partial charge in [0.15, 0.2) is 0 Å². The van der Waals surface area contributed by atoms with Crippen LogP contribution in [0.2, 0.25) is 0 Å². The fourth-order valence-electron chi connectivity index (χ4n) is 1.72. The minimum Gasteiger partial charge on any atom is -0.386 e. The van der Waals surface area contributed by atoms with Gasteiger partial charge in [0, 0.05) is 17.1 Å². The van der Waals surface area contributed by atoms with E-state index in [4.69, 9.17) is 0 Å². The lowest BCUT2D eigenvalue weighted by molar-refractivity contribution is 0.173. The Labute approximate surface area is 113 Å². The summed E-state index contributed by atoms with van der Waals surface area (Å²) in [6, 6.07) is 6.22. The Hall–Kier alpha value is -1.33. The predicted molar refractivity (Wildman–Crippen MR) is 69.5 cm³/mol. The molecule has 2 aromatic rings. The Balaban J connectivity index is 2.18. The van der Waals surface area contributed by atoms with Crippen LogP contribution in [0.25, 0.3) is 0 Å². The second-order valence-electron chi connectivity index (χ2n) is 4.03. The molecule has 0 spiro atoms. The Morgan fingerprint density at radius 3 is 2.83 bits per heavy atom. The summed E-state index contributed by atoms with van der Waals surface area (Å²) in [6.07, 6.45) is 1.15. The van der Waals surface area contributed by atoms with Gasteiger partial charge in [-0.05, 0) is 36.8 Å². The summed E-state index contributed by atoms with van der Waals surface area (Å²) in [5.41, 5.74) is 1.26. The van der Waals surface area contributed by atoms with Gasteiger partial charge in [-0.2, -0.15) is 0 Å². The van der Waals surface area contributed by atoms with Crippen LogP contribution >= 0.6 is 15.9 Å². The standard InChI is InChI=1S/C13H12BrFN2O/c1-8-16-3-2-12(17-8)13(18)6-9-4-10(14)7-11(15)5-9/h2-5,7,13,18H,6H2,1H3. The highest BCUT2D eigenvalue weighted by Gasteiger charge is 2.11. The van der Waals surface area contributed by atoms with Crippen molar-refractivity contribution in [3.8, 4) is 0 Å². The van der Waals surface area contributed by atoms with Crippen molar-refractivity contribution in [2.24, 2.45) is 0 Å². The van der Waals surface area contributed by atoms with Crippen LogP contribution in [0, 0.1) is 12.7 Å². The lowest BCUT2D eigenvalue weighted by Crippen LogP contribution is -2.06. The highest BCUT2D eigenvalue weighted by molar-refractivity contribution is 9.10. The van der Waals surface area contributed by atoms with Gasteiger partial charge in [0.2, 0.25) is 0 Å². The molecule has 5 heteroatoms. The summed E-state index contributed by atoms with van der Waals surface area (Å²) in [7, 11) is 0. The molecular formula is C13H12BrFN2O. The third kappa shape index (κ3) is 3.34. The van der Waals surface area contributed by atoms with Gasteiger partial charge in [-0.3, -0.25) is 0 Å². The molecule has 1 unspecified atom stereocenters. The molecule has 1 atom stereocenters. The molecule has 0 bridgehead atoms. The first kappa shape index (κ1) is 13.1. The third-order valence-electron chi connectivity index (χ3n) is 2.49. The van der Waals surface area contributed by atoms with Crippen LogP contribution in [0.4, 0.5) is 4.39 Å². The van der Waals surface area contributed by atoms with Crippen LogP contribution in [0.15, 0.2) is 34.9 Å². The number of hydrogen-bond acceptors (Lipinski definition) is 3. The molecule has 94 valence electrons. The molecule has 18 heavy (non-hydrogen) atoms. The van der Waals surface area contributed by atoms with E-state index in [2.05, 4.69) is 25.9 Å². The Morgan fingerprint density at radius 1 is 1.39 bits per heavy atom. The van der Waals surface area contributed by atoms with E-state index in [0.29, 0.717) is 28.0 Å². The normalized spacial score (nSPS) is 12.4. The van der Waals surface area contributed by atoms with E-state index in [0.717, 1.165) is 0 Å². The fourth-order valence-corrected chi connectivity index (χ4v) is 2.23. The van der Waals surface area contributed by atoms with Crippen molar-refractivity contribution in [3.05, 3.63) is 57.8 Å². The maximum absolute atomic E-state index is 13.2. The second kappa shape index (κ2) is 5.54. The Bertz CT molecular complexity index is 542. The van der Waals surface area contributed by atoms with Crippen molar-refractivity contribution in [1.29, 1.82) is 0 Å². The van der Waals surface area contributed by atoms with Gasteiger partial charge < -0.3 is 5.11 Å². The zero-order valence-electron chi connectivity index (χ0n) is 9.77. The minimum atomic E-state index is -0.764. The van der Waals surface area contributed by atoms with Crippen molar-refractivity contribution in [3.63, 3.8) is 0 Å². The predicted octanol–water partition coefficient (Wildman–Crippen LogP) is 2.96. The van der Waals surface area contributed by atoms with E-state index >= 15 is 0 Å². The maximum Gasteiger partial charge on any atom is 0.125 e. The van der Waals surface area contributed by atoms with Crippen LogP contribution in [-0.2, 0) is 6.42 Å². The topological polar surface area (TPSA) is 46.0 Å². The molecule has 0 saturated heterocycles. The second-order valence-corrected chi connectivity index (χ2v) is 4.94. The molecule has 1 aromatic carbocycles. The number of halogens is 2. The van der Waals surface area contributed by atoms with Crippen molar-refractivity contribution >= 4 is 15.9 Å². The molecule has 0 aliphatic carbocycles. The molecular weight excluding hydrogens is 299 g/mol. The highest BCUT2D eigenvalue weighted by Crippen LogP contribution is 2.20. The SMILES string of the molecule is Cc1nccc(C(O)Cc2cc(F)cc(Br)c2)n1. The van der Waals surface area contributed by atoms with Gasteiger partial charge in [-0.25, -0.2) is 14.4 Å². The Kier molecular flexibility index (Phi) is 4.04. The van der Waals surface area contributed by atoms with Crippen LogP contribution < -0.4 is 0 Å². The van der Waals surface area contributed by atoms with Crippen LogP contribution in [0.5, 0.6) is 0 Å². The summed E-state index contributed by atoms with van der Waals surface area (Å²) in [5, 5.41) is 10.1. The third-order valence-corrected chi connectivity index (χ3v) is 2.95. The lowest BCUT2D eigenvalue weighted by atomic mass is 10.1. The monoisotopic (exact) mass is 310 g/mol. The molecule has 1 heterocycles. The molecule has 0 aliphatic heterocycles. The van der Waals surface area contributed by atoms with E-state index in [1.165, 1.54) is 12.1 Å². The Morgan fingerprint density at radius 2 is 2.17 bits per heavy atom. The summed E-state index contributed by atoms with van der Waals surface area (Å²) in [5.74, 6) is 0.275. The van der Waals surface area contributed by atoms with E-state index in [9.17, 15) is 9.50 Å². The first-order chi connectivity index (χ1) is 8.54. The largest absolute Gasteiger partial charge is 0.386 e. The zero-order valence-corrected chi connectivity index (χ0v) is 11.4. The van der Waals surface area contributed by atoms with Gasteiger partial charge in [0.25, 0.3) is 0 Å². The first-order valence-corrected chi connectivity index (χ1v) is 6.26. The van der Waals surface area contributed by atoms with Crippen LogP contribution in [-0.4, -0.2) is 15.1 Å². The molecule has 0 saturated carbocycles. The molecule has 0 fully saturated rings. The minimum absolute atomic E-state index is 0.312. The van der Waals surface area contributed by atoms with E-state index in [1.54, 1.807) is 25.3 Å². The molecule has 1 aromatic heterocycles. The number of aryl methyl sites for hydroxylation is 1. The first-order valence-electron chi connectivity index (χ1n) is 5.47. The summed E-state index contributed by atoms with van der Waals surface area (Å²) < 4.78 is 13.9. The van der Waals surface area contributed by atoms with E-state index in [-0.39, 0.29) is 5.82 Å². The number of benzene rings is 1. The van der Waals surface area contributed by atoms with Crippen LogP contribution in [0.1, 0.15) is 23.2 Å². The number of rotatable bonds is 3. The number of aliphatic hydroxyl groups excluding tert-OH is 1. The molecule has 2 rings (SSSR count). The molecule has 0 radical (unpaired) electrons. The molecule has 0 amide bonds. The molecule has 3 nitrogen and oxygen atoms in total.